The van der Waals surface area contributed by atoms with Gasteiger partial charge in [-0.25, -0.2) is 0 Å². The number of nitrogens with zero attached hydrogens (tertiary/aromatic N) is 4. The van der Waals surface area contributed by atoms with Crippen molar-refractivity contribution in [2.75, 3.05) is 17.7 Å². The van der Waals surface area contributed by atoms with Gasteiger partial charge < -0.3 is 4.55 Å². The van der Waals surface area contributed by atoms with Gasteiger partial charge in [0.2, 0.25) is 11.0 Å². The van der Waals surface area contributed by atoms with Crippen LogP contribution in [0.25, 0.3) is 10.6 Å². The van der Waals surface area contributed by atoms with Crippen molar-refractivity contribution >= 4 is 33.5 Å². The molecule has 0 saturated carbocycles. The van der Waals surface area contributed by atoms with E-state index in [0.29, 0.717) is 16.6 Å². The summed E-state index contributed by atoms with van der Waals surface area (Å²) in [6.07, 6.45) is 3.80. The topological polar surface area (TPSA) is 99.1 Å². The molecule has 1 atom stereocenters. The molecule has 0 aliphatic heterocycles. The second kappa shape index (κ2) is 7.34. The van der Waals surface area contributed by atoms with E-state index in [2.05, 4.69) is 15.2 Å². The van der Waals surface area contributed by atoms with Crippen molar-refractivity contribution in [2.24, 2.45) is 0 Å². The molecule has 112 valence electrons. The molecular weight excluding hydrogens is 312 g/mol. The van der Waals surface area contributed by atoms with Crippen LogP contribution in [0.3, 0.4) is 0 Å². The molecule has 0 bridgehead atoms. The van der Waals surface area contributed by atoms with Crippen molar-refractivity contribution in [3.8, 4) is 10.6 Å². The van der Waals surface area contributed by atoms with Crippen LogP contribution in [0.1, 0.15) is 12.8 Å². The number of hydrogen-bond acceptors (Lipinski definition) is 7. The third kappa shape index (κ3) is 4.38. The van der Waals surface area contributed by atoms with Crippen molar-refractivity contribution in [3.63, 3.8) is 0 Å². The lowest BCUT2D eigenvalue weighted by atomic mass is 10.3. The lowest BCUT2D eigenvalue weighted by Gasteiger charge is -2.13. The van der Waals surface area contributed by atoms with Crippen molar-refractivity contribution in [1.82, 2.24) is 15.2 Å². The summed E-state index contributed by atoms with van der Waals surface area (Å²) in [7, 11) is 1.60. The first-order valence-electron chi connectivity index (χ1n) is 6.14. The van der Waals surface area contributed by atoms with Crippen LogP contribution in [0.4, 0.5) is 5.13 Å². The Morgan fingerprint density at radius 1 is 1.48 bits per heavy atom. The summed E-state index contributed by atoms with van der Waals surface area (Å²) >= 11 is -0.830. The molecule has 0 spiro atoms. The number of rotatable bonds is 6. The Morgan fingerprint density at radius 3 is 2.95 bits per heavy atom. The summed E-state index contributed by atoms with van der Waals surface area (Å²) in [6.45, 7) is 0. The van der Waals surface area contributed by atoms with Gasteiger partial charge in [0.25, 0.3) is 0 Å². The molecule has 2 aromatic heterocycles. The summed E-state index contributed by atoms with van der Waals surface area (Å²) in [5.41, 5.74) is 0.837. The minimum absolute atomic E-state index is 0.0172. The highest BCUT2D eigenvalue weighted by Gasteiger charge is 2.16. The first-order chi connectivity index (χ1) is 10.1. The number of pyridine rings is 1. The molecule has 7 nitrogen and oxygen atoms in total. The third-order valence-corrected chi connectivity index (χ3v) is 4.36. The number of carbonyl (C=O) groups is 1. The van der Waals surface area contributed by atoms with Crippen LogP contribution in [0.15, 0.2) is 24.5 Å². The number of amides is 1. The van der Waals surface area contributed by atoms with E-state index in [1.165, 1.54) is 16.2 Å². The first kappa shape index (κ1) is 15.7. The van der Waals surface area contributed by atoms with Crippen LogP contribution in [-0.4, -0.2) is 42.7 Å². The molecule has 0 radical (unpaired) electrons. The lowest BCUT2D eigenvalue weighted by molar-refractivity contribution is -0.118. The van der Waals surface area contributed by atoms with Gasteiger partial charge in [-0.1, -0.05) is 22.4 Å². The molecule has 2 aromatic rings. The summed E-state index contributed by atoms with van der Waals surface area (Å²) in [6, 6.07) is 3.66. The van der Waals surface area contributed by atoms with Gasteiger partial charge in [-0.05, 0) is 18.6 Å². The fourth-order valence-electron chi connectivity index (χ4n) is 1.57. The van der Waals surface area contributed by atoms with Crippen molar-refractivity contribution in [2.45, 2.75) is 12.8 Å². The smallest absolute Gasteiger partial charge is 0.228 e. The number of aromatic nitrogens is 3. The maximum atomic E-state index is 11.9. The van der Waals surface area contributed by atoms with Crippen LogP contribution in [0, 0.1) is 0 Å². The predicted molar refractivity (Wildman–Crippen MR) is 79.6 cm³/mol. The van der Waals surface area contributed by atoms with Crippen LogP contribution in [0.2, 0.25) is 0 Å². The SMILES string of the molecule is CN(C(=O)CCCS(=O)[O-])c1nnc(-c2cccnc2)s1. The molecule has 1 amide bonds. The van der Waals surface area contributed by atoms with Crippen LogP contribution >= 0.6 is 11.3 Å². The fourth-order valence-corrected chi connectivity index (χ4v) is 2.77. The van der Waals surface area contributed by atoms with Gasteiger partial charge in [-0.2, -0.15) is 0 Å². The zero-order valence-electron chi connectivity index (χ0n) is 11.3. The maximum Gasteiger partial charge on any atom is 0.228 e. The van der Waals surface area contributed by atoms with E-state index in [1.54, 1.807) is 25.5 Å². The number of carbonyl (C=O) groups excluding carboxylic acids is 1. The normalized spacial score (nSPS) is 12.1. The predicted octanol–water partition coefficient (Wildman–Crippen LogP) is 1.22. The monoisotopic (exact) mass is 325 g/mol. The Kier molecular flexibility index (Phi) is 5.48. The van der Waals surface area contributed by atoms with Crippen molar-refractivity contribution < 1.29 is 13.6 Å². The van der Waals surface area contributed by atoms with Gasteiger partial charge in [0.05, 0.1) is 0 Å². The average molecular weight is 325 g/mol. The lowest BCUT2D eigenvalue weighted by Crippen LogP contribution is -2.26. The van der Waals surface area contributed by atoms with Gasteiger partial charge in [-0.15, -0.1) is 10.2 Å². The summed E-state index contributed by atoms with van der Waals surface area (Å²) in [4.78, 5) is 17.3. The molecular formula is C12H13N4O3S2-. The molecule has 0 saturated heterocycles. The number of anilines is 1. The summed E-state index contributed by atoms with van der Waals surface area (Å²) in [5, 5.41) is 9.17. The molecule has 0 N–H and O–H groups in total. The first-order valence-corrected chi connectivity index (χ1v) is 8.20. The molecule has 2 heterocycles. The van der Waals surface area contributed by atoms with Crippen molar-refractivity contribution in [1.29, 1.82) is 0 Å². The Balaban J connectivity index is 2.00. The highest BCUT2D eigenvalue weighted by molar-refractivity contribution is 7.79. The van der Waals surface area contributed by atoms with Gasteiger partial charge in [0.1, 0.15) is 0 Å². The molecule has 9 heteroatoms. The van der Waals surface area contributed by atoms with Crippen LogP contribution in [0.5, 0.6) is 0 Å². The zero-order valence-corrected chi connectivity index (χ0v) is 12.9. The summed E-state index contributed by atoms with van der Waals surface area (Å²) < 4.78 is 20.9. The largest absolute Gasteiger partial charge is 0.772 e. The Bertz CT molecular complexity index is 632. The Hall–Kier alpha value is -1.71. The van der Waals surface area contributed by atoms with Gasteiger partial charge in [0, 0.05) is 37.2 Å². The third-order valence-electron chi connectivity index (χ3n) is 2.69. The second-order valence-corrected chi connectivity index (χ2v) is 6.17. The molecule has 0 aliphatic rings. The number of hydrogen-bond donors (Lipinski definition) is 0. The van der Waals surface area contributed by atoms with Gasteiger partial charge >= 0.3 is 0 Å². The standard InChI is InChI=1S/C12H14N4O3S2/c1-16(10(17)5-3-7-21(18)19)12-15-14-11(20-12)9-4-2-6-13-8-9/h2,4,6,8H,3,5,7H2,1H3,(H,18,19)/p-1. The molecule has 0 aliphatic carbocycles. The Labute approximate surface area is 128 Å². The van der Waals surface area contributed by atoms with E-state index in [1.807, 2.05) is 6.07 Å². The quantitative estimate of drug-likeness (QED) is 0.741. The maximum absolute atomic E-state index is 11.9. The minimum atomic E-state index is -2.11. The van der Waals surface area contributed by atoms with E-state index in [-0.39, 0.29) is 18.1 Å². The van der Waals surface area contributed by atoms with E-state index in [0.717, 1.165) is 5.56 Å². The van der Waals surface area contributed by atoms with E-state index in [4.69, 9.17) is 0 Å². The van der Waals surface area contributed by atoms with E-state index >= 15 is 0 Å². The highest BCUT2D eigenvalue weighted by atomic mass is 32.2. The zero-order chi connectivity index (χ0) is 15.2. The highest BCUT2D eigenvalue weighted by Crippen LogP contribution is 2.27. The van der Waals surface area contributed by atoms with E-state index in [9.17, 15) is 13.6 Å². The minimum Gasteiger partial charge on any atom is -0.772 e. The van der Waals surface area contributed by atoms with Crippen LogP contribution in [-0.2, 0) is 15.9 Å². The molecule has 21 heavy (non-hydrogen) atoms. The molecule has 0 fully saturated rings. The van der Waals surface area contributed by atoms with Crippen molar-refractivity contribution in [3.05, 3.63) is 24.5 Å². The molecule has 1 unspecified atom stereocenters. The Morgan fingerprint density at radius 2 is 2.29 bits per heavy atom. The van der Waals surface area contributed by atoms with E-state index < -0.39 is 11.1 Å². The summed E-state index contributed by atoms with van der Waals surface area (Å²) in [5.74, 6) is -0.203. The molecule has 2 rings (SSSR count). The fraction of sp³-hybridized carbons (Fsp3) is 0.333. The molecule has 0 aromatic carbocycles. The average Bonchev–Trinajstić information content (AvgIpc) is 2.96. The second-order valence-electron chi connectivity index (χ2n) is 4.20. The van der Waals surface area contributed by atoms with Gasteiger partial charge in [-0.3, -0.25) is 18.9 Å². The van der Waals surface area contributed by atoms with Gasteiger partial charge in [0.15, 0.2) is 5.01 Å². The van der Waals surface area contributed by atoms with Crippen LogP contribution < -0.4 is 4.90 Å².